The normalized spacial score (nSPS) is 17.6. The number of amides is 1. The van der Waals surface area contributed by atoms with E-state index in [1.165, 1.54) is 5.56 Å². The zero-order valence-electron chi connectivity index (χ0n) is 17.7. The Morgan fingerprint density at radius 3 is 2.57 bits per heavy atom. The lowest BCUT2D eigenvalue weighted by molar-refractivity contribution is -0.121. The summed E-state index contributed by atoms with van der Waals surface area (Å²) in [5.41, 5.74) is 2.32. The van der Waals surface area contributed by atoms with E-state index in [9.17, 15) is 13.2 Å². The fourth-order valence-corrected chi connectivity index (χ4v) is 5.48. The highest BCUT2D eigenvalue weighted by Crippen LogP contribution is 2.26. The van der Waals surface area contributed by atoms with E-state index in [0.29, 0.717) is 31.0 Å². The van der Waals surface area contributed by atoms with Crippen LogP contribution in [0.3, 0.4) is 0 Å². The van der Waals surface area contributed by atoms with Gasteiger partial charge in [0.05, 0.1) is 4.90 Å². The lowest BCUT2D eigenvalue weighted by Gasteiger charge is -2.32. The standard InChI is InChI=1S/C24H32N2O3S/c1-20-11-14-23(15-12-20)30(28,29)26-18-6-10-22(19-26)13-16-24(27)25-17-5-9-21-7-3-2-4-8-21/h2-4,7-8,11-12,14-15,22H,5-6,9-10,13,16-19H2,1H3,(H,25,27). The van der Waals surface area contributed by atoms with Gasteiger partial charge in [0.15, 0.2) is 0 Å². The predicted molar refractivity (Wildman–Crippen MR) is 120 cm³/mol. The van der Waals surface area contributed by atoms with Gasteiger partial charge in [-0.25, -0.2) is 8.42 Å². The van der Waals surface area contributed by atoms with Crippen molar-refractivity contribution >= 4 is 15.9 Å². The minimum absolute atomic E-state index is 0.0570. The fourth-order valence-electron chi connectivity index (χ4n) is 3.93. The average Bonchev–Trinajstić information content (AvgIpc) is 2.76. The number of sulfonamides is 1. The number of carbonyl (C=O) groups is 1. The van der Waals surface area contributed by atoms with Crippen molar-refractivity contribution in [2.24, 2.45) is 5.92 Å². The second kappa shape index (κ2) is 10.7. The van der Waals surface area contributed by atoms with Crippen molar-refractivity contribution in [2.45, 2.75) is 50.3 Å². The number of hydrogen-bond donors (Lipinski definition) is 1. The van der Waals surface area contributed by atoms with Gasteiger partial charge in [-0.2, -0.15) is 4.31 Å². The molecule has 0 saturated carbocycles. The van der Waals surface area contributed by atoms with Gasteiger partial charge in [0, 0.05) is 26.1 Å². The second-order valence-electron chi connectivity index (χ2n) is 8.16. The Morgan fingerprint density at radius 2 is 1.83 bits per heavy atom. The molecule has 162 valence electrons. The summed E-state index contributed by atoms with van der Waals surface area (Å²) < 4.78 is 27.4. The summed E-state index contributed by atoms with van der Waals surface area (Å²) in [5, 5.41) is 2.99. The highest BCUT2D eigenvalue weighted by molar-refractivity contribution is 7.89. The molecular formula is C24H32N2O3S. The van der Waals surface area contributed by atoms with Crippen molar-refractivity contribution in [3.05, 3.63) is 65.7 Å². The Labute approximate surface area is 180 Å². The smallest absolute Gasteiger partial charge is 0.243 e. The van der Waals surface area contributed by atoms with Crippen LogP contribution in [0.25, 0.3) is 0 Å². The highest BCUT2D eigenvalue weighted by Gasteiger charge is 2.30. The summed E-state index contributed by atoms with van der Waals surface area (Å²) in [6.07, 6.45) is 4.87. The Bertz CT molecular complexity index is 911. The van der Waals surface area contributed by atoms with E-state index >= 15 is 0 Å². The molecular weight excluding hydrogens is 396 g/mol. The van der Waals surface area contributed by atoms with Crippen LogP contribution in [0.5, 0.6) is 0 Å². The van der Waals surface area contributed by atoms with Crippen molar-refractivity contribution in [1.82, 2.24) is 9.62 Å². The van der Waals surface area contributed by atoms with Crippen molar-refractivity contribution < 1.29 is 13.2 Å². The van der Waals surface area contributed by atoms with Gasteiger partial charge in [-0.1, -0.05) is 48.0 Å². The molecule has 30 heavy (non-hydrogen) atoms. The van der Waals surface area contributed by atoms with Crippen molar-refractivity contribution in [2.75, 3.05) is 19.6 Å². The highest BCUT2D eigenvalue weighted by atomic mass is 32.2. The van der Waals surface area contributed by atoms with E-state index in [4.69, 9.17) is 0 Å². The molecule has 1 unspecified atom stereocenters. The van der Waals surface area contributed by atoms with Crippen LogP contribution >= 0.6 is 0 Å². The molecule has 3 rings (SSSR count). The van der Waals surface area contributed by atoms with Gasteiger partial charge < -0.3 is 5.32 Å². The lowest BCUT2D eigenvalue weighted by atomic mass is 9.94. The van der Waals surface area contributed by atoms with Crippen LogP contribution in [-0.2, 0) is 21.2 Å². The number of carbonyl (C=O) groups excluding carboxylic acids is 1. The third-order valence-corrected chi connectivity index (χ3v) is 7.61. The molecule has 0 aromatic heterocycles. The zero-order chi connectivity index (χ0) is 21.4. The van der Waals surface area contributed by atoms with Crippen molar-refractivity contribution in [1.29, 1.82) is 0 Å². The minimum Gasteiger partial charge on any atom is -0.356 e. The average molecular weight is 429 g/mol. The molecule has 0 bridgehead atoms. The van der Waals surface area contributed by atoms with Gasteiger partial charge in [0.25, 0.3) is 0 Å². The topological polar surface area (TPSA) is 66.5 Å². The van der Waals surface area contributed by atoms with Crippen molar-refractivity contribution in [3.8, 4) is 0 Å². The molecule has 0 aliphatic carbocycles. The summed E-state index contributed by atoms with van der Waals surface area (Å²) in [6.45, 7) is 3.67. The zero-order valence-corrected chi connectivity index (χ0v) is 18.5. The molecule has 2 aromatic carbocycles. The number of piperidine rings is 1. The SMILES string of the molecule is Cc1ccc(S(=O)(=O)N2CCCC(CCC(=O)NCCCc3ccccc3)C2)cc1. The Morgan fingerprint density at radius 1 is 1.10 bits per heavy atom. The lowest BCUT2D eigenvalue weighted by Crippen LogP contribution is -2.40. The molecule has 0 spiro atoms. The second-order valence-corrected chi connectivity index (χ2v) is 10.1. The molecule has 1 heterocycles. The molecule has 1 saturated heterocycles. The van der Waals surface area contributed by atoms with Gasteiger partial charge in [0.1, 0.15) is 0 Å². The maximum atomic E-state index is 12.9. The van der Waals surface area contributed by atoms with E-state index in [-0.39, 0.29) is 11.8 Å². The van der Waals surface area contributed by atoms with E-state index in [1.54, 1.807) is 16.4 Å². The number of aryl methyl sites for hydroxylation is 2. The van der Waals surface area contributed by atoms with E-state index in [1.807, 2.05) is 37.3 Å². The molecule has 1 aliphatic heterocycles. The molecule has 1 fully saturated rings. The number of benzene rings is 2. The predicted octanol–water partition coefficient (Wildman–Crippen LogP) is 3.92. The monoisotopic (exact) mass is 428 g/mol. The summed E-state index contributed by atoms with van der Waals surface area (Å²) in [5.74, 6) is 0.288. The van der Waals surface area contributed by atoms with Crippen LogP contribution in [0, 0.1) is 12.8 Å². The van der Waals surface area contributed by atoms with E-state index in [0.717, 1.165) is 37.7 Å². The number of nitrogens with zero attached hydrogens (tertiary/aromatic N) is 1. The van der Waals surface area contributed by atoms with Crippen LogP contribution in [0.2, 0.25) is 0 Å². The van der Waals surface area contributed by atoms with Gasteiger partial charge in [-0.3, -0.25) is 4.79 Å². The van der Waals surface area contributed by atoms with E-state index < -0.39 is 10.0 Å². The first-order chi connectivity index (χ1) is 14.4. The number of nitrogens with one attached hydrogen (secondary N) is 1. The molecule has 1 N–H and O–H groups in total. The summed E-state index contributed by atoms with van der Waals surface area (Å²) in [4.78, 5) is 12.5. The molecule has 5 nitrogen and oxygen atoms in total. The van der Waals surface area contributed by atoms with Crippen LogP contribution in [-0.4, -0.2) is 38.3 Å². The maximum Gasteiger partial charge on any atom is 0.243 e. The van der Waals surface area contributed by atoms with Crippen LogP contribution in [0.1, 0.15) is 43.2 Å². The maximum absolute atomic E-state index is 12.9. The summed E-state index contributed by atoms with van der Waals surface area (Å²) in [7, 11) is -3.46. The summed E-state index contributed by atoms with van der Waals surface area (Å²) in [6, 6.07) is 17.3. The first kappa shape index (κ1) is 22.5. The molecule has 0 radical (unpaired) electrons. The van der Waals surface area contributed by atoms with Crippen molar-refractivity contribution in [3.63, 3.8) is 0 Å². The molecule has 2 aromatic rings. The largest absolute Gasteiger partial charge is 0.356 e. The van der Waals surface area contributed by atoms with E-state index in [2.05, 4.69) is 17.4 Å². The Hall–Kier alpha value is -2.18. The first-order valence-electron chi connectivity index (χ1n) is 10.8. The van der Waals surface area contributed by atoms with Gasteiger partial charge >= 0.3 is 0 Å². The van der Waals surface area contributed by atoms with Gasteiger partial charge in [-0.15, -0.1) is 0 Å². The molecule has 1 aliphatic rings. The molecule has 1 amide bonds. The first-order valence-corrected chi connectivity index (χ1v) is 12.3. The molecule has 6 heteroatoms. The number of rotatable bonds is 9. The third kappa shape index (κ3) is 6.41. The van der Waals surface area contributed by atoms with Crippen LogP contribution in [0.4, 0.5) is 0 Å². The molecule has 1 atom stereocenters. The van der Waals surface area contributed by atoms with Gasteiger partial charge in [0.2, 0.25) is 15.9 Å². The minimum atomic E-state index is -3.46. The van der Waals surface area contributed by atoms with Crippen LogP contribution in [0.15, 0.2) is 59.5 Å². The van der Waals surface area contributed by atoms with Gasteiger partial charge in [-0.05, 0) is 62.6 Å². The fraction of sp³-hybridized carbons (Fsp3) is 0.458. The summed E-state index contributed by atoms with van der Waals surface area (Å²) >= 11 is 0. The Balaban J connectivity index is 1.41. The third-order valence-electron chi connectivity index (χ3n) is 5.73. The number of hydrogen-bond acceptors (Lipinski definition) is 3. The Kier molecular flexibility index (Phi) is 8.05. The quantitative estimate of drug-likeness (QED) is 0.616. The van der Waals surface area contributed by atoms with Crippen LogP contribution < -0.4 is 5.32 Å².